The SMILES string of the molecule is COC(=O)C1=C(C)NC(=O)N[C@@H]1c1cccs1. The van der Waals surface area contributed by atoms with E-state index in [1.54, 1.807) is 6.92 Å². The highest BCUT2D eigenvalue weighted by atomic mass is 32.1. The zero-order valence-corrected chi connectivity index (χ0v) is 10.3. The molecule has 0 fully saturated rings. The maximum Gasteiger partial charge on any atom is 0.338 e. The number of urea groups is 1. The minimum Gasteiger partial charge on any atom is -0.466 e. The van der Waals surface area contributed by atoms with E-state index in [0.29, 0.717) is 11.3 Å². The van der Waals surface area contributed by atoms with Gasteiger partial charge in [-0.25, -0.2) is 9.59 Å². The highest BCUT2D eigenvalue weighted by Gasteiger charge is 2.32. The van der Waals surface area contributed by atoms with Crippen LogP contribution in [0.1, 0.15) is 17.8 Å². The largest absolute Gasteiger partial charge is 0.466 e. The lowest BCUT2D eigenvalue weighted by Gasteiger charge is -2.26. The molecule has 2 heterocycles. The number of carbonyl (C=O) groups is 2. The molecule has 17 heavy (non-hydrogen) atoms. The van der Waals surface area contributed by atoms with Gasteiger partial charge in [-0.1, -0.05) is 6.07 Å². The van der Waals surface area contributed by atoms with Gasteiger partial charge >= 0.3 is 12.0 Å². The Morgan fingerprint density at radius 1 is 1.53 bits per heavy atom. The van der Waals surface area contributed by atoms with Crippen LogP contribution in [0.15, 0.2) is 28.8 Å². The van der Waals surface area contributed by atoms with E-state index < -0.39 is 12.0 Å². The molecule has 0 aromatic carbocycles. The van der Waals surface area contributed by atoms with Crippen LogP contribution in [0.25, 0.3) is 0 Å². The van der Waals surface area contributed by atoms with Gasteiger partial charge in [0, 0.05) is 10.6 Å². The molecule has 0 spiro atoms. The van der Waals surface area contributed by atoms with Crippen LogP contribution in [0, 0.1) is 0 Å². The molecule has 6 heteroatoms. The summed E-state index contributed by atoms with van der Waals surface area (Å²) in [5, 5.41) is 7.18. The third-order valence-electron chi connectivity index (χ3n) is 2.50. The molecule has 2 rings (SSSR count). The predicted molar refractivity (Wildman–Crippen MR) is 63.4 cm³/mol. The number of ether oxygens (including phenoxy) is 1. The third-order valence-corrected chi connectivity index (χ3v) is 3.44. The van der Waals surface area contributed by atoms with Crippen molar-refractivity contribution in [1.29, 1.82) is 0 Å². The van der Waals surface area contributed by atoms with Crippen molar-refractivity contribution in [1.82, 2.24) is 10.6 Å². The van der Waals surface area contributed by atoms with Crippen molar-refractivity contribution in [2.24, 2.45) is 0 Å². The second-order valence-electron chi connectivity index (χ2n) is 3.58. The quantitative estimate of drug-likeness (QED) is 0.785. The number of allylic oxidation sites excluding steroid dienone is 1. The van der Waals surface area contributed by atoms with Gasteiger partial charge in [-0.2, -0.15) is 0 Å². The molecule has 1 aliphatic heterocycles. The van der Waals surface area contributed by atoms with E-state index >= 15 is 0 Å². The summed E-state index contributed by atoms with van der Waals surface area (Å²) in [4.78, 5) is 24.1. The van der Waals surface area contributed by atoms with Gasteiger partial charge in [0.2, 0.25) is 0 Å². The third kappa shape index (κ3) is 2.16. The Morgan fingerprint density at radius 2 is 2.29 bits per heavy atom. The van der Waals surface area contributed by atoms with Gasteiger partial charge in [0.1, 0.15) is 0 Å². The molecule has 2 amide bonds. The number of hydrogen-bond acceptors (Lipinski definition) is 4. The Balaban J connectivity index is 2.44. The van der Waals surface area contributed by atoms with Crippen LogP contribution < -0.4 is 10.6 Å². The number of methoxy groups -OCH3 is 1. The fourth-order valence-corrected chi connectivity index (χ4v) is 2.53. The van der Waals surface area contributed by atoms with E-state index in [0.717, 1.165) is 4.88 Å². The number of rotatable bonds is 2. The number of thiophene rings is 1. The summed E-state index contributed by atoms with van der Waals surface area (Å²) in [6.45, 7) is 1.69. The first-order valence-electron chi connectivity index (χ1n) is 5.03. The van der Waals surface area contributed by atoms with Crippen molar-refractivity contribution in [3.63, 3.8) is 0 Å². The normalized spacial score (nSPS) is 19.6. The lowest BCUT2D eigenvalue weighted by atomic mass is 10.0. The van der Waals surface area contributed by atoms with Gasteiger partial charge in [0.15, 0.2) is 0 Å². The summed E-state index contributed by atoms with van der Waals surface area (Å²) in [6.07, 6.45) is 0. The summed E-state index contributed by atoms with van der Waals surface area (Å²) in [6, 6.07) is 3.00. The molecule has 1 aliphatic rings. The fraction of sp³-hybridized carbons (Fsp3) is 0.273. The molecule has 1 aromatic rings. The predicted octanol–water partition coefficient (Wildman–Crippen LogP) is 1.55. The standard InChI is InChI=1S/C11H12N2O3S/c1-6-8(10(14)16-2)9(13-11(15)12-6)7-4-3-5-17-7/h3-5,9H,1-2H3,(H2,12,13,15)/t9-/m1/s1. The van der Waals surface area contributed by atoms with E-state index in [1.807, 2.05) is 17.5 Å². The Morgan fingerprint density at radius 3 is 2.88 bits per heavy atom. The lowest BCUT2D eigenvalue weighted by molar-refractivity contribution is -0.136. The van der Waals surface area contributed by atoms with Crippen molar-refractivity contribution in [2.45, 2.75) is 13.0 Å². The molecule has 0 saturated heterocycles. The molecule has 0 saturated carbocycles. The van der Waals surface area contributed by atoms with Gasteiger partial charge in [-0.3, -0.25) is 0 Å². The summed E-state index contributed by atoms with van der Waals surface area (Å²) >= 11 is 1.48. The number of carbonyl (C=O) groups excluding carboxylic acids is 2. The Bertz CT molecular complexity index is 479. The van der Waals surface area contributed by atoms with Crippen LogP contribution in [0.4, 0.5) is 4.79 Å². The monoisotopic (exact) mass is 252 g/mol. The molecule has 1 aromatic heterocycles. The Labute approximate surface area is 102 Å². The molecular weight excluding hydrogens is 240 g/mol. The van der Waals surface area contributed by atoms with Gasteiger partial charge < -0.3 is 15.4 Å². The number of amides is 2. The van der Waals surface area contributed by atoms with Crippen molar-refractivity contribution < 1.29 is 14.3 Å². The van der Waals surface area contributed by atoms with Gasteiger partial charge in [0.25, 0.3) is 0 Å². The summed E-state index contributed by atoms with van der Waals surface area (Å²) in [7, 11) is 1.32. The summed E-state index contributed by atoms with van der Waals surface area (Å²) in [5.74, 6) is -0.437. The van der Waals surface area contributed by atoms with E-state index in [9.17, 15) is 9.59 Å². The zero-order chi connectivity index (χ0) is 12.4. The fourth-order valence-electron chi connectivity index (χ4n) is 1.74. The number of hydrogen-bond donors (Lipinski definition) is 2. The smallest absolute Gasteiger partial charge is 0.338 e. The molecule has 0 radical (unpaired) electrons. The Kier molecular flexibility index (Phi) is 3.14. The van der Waals surface area contributed by atoms with Gasteiger partial charge in [-0.15, -0.1) is 11.3 Å². The zero-order valence-electron chi connectivity index (χ0n) is 9.44. The highest BCUT2D eigenvalue weighted by molar-refractivity contribution is 7.10. The molecule has 90 valence electrons. The van der Waals surface area contributed by atoms with Crippen LogP contribution in [-0.4, -0.2) is 19.1 Å². The van der Waals surface area contributed by atoms with Crippen molar-refractivity contribution in [3.8, 4) is 0 Å². The molecule has 0 bridgehead atoms. The van der Waals surface area contributed by atoms with Crippen molar-refractivity contribution in [3.05, 3.63) is 33.7 Å². The number of nitrogens with one attached hydrogen (secondary N) is 2. The second-order valence-corrected chi connectivity index (χ2v) is 4.56. The van der Waals surface area contributed by atoms with Crippen LogP contribution in [-0.2, 0) is 9.53 Å². The first-order valence-corrected chi connectivity index (χ1v) is 5.91. The Hall–Kier alpha value is -1.82. The van der Waals surface area contributed by atoms with Gasteiger partial charge in [0.05, 0.1) is 18.7 Å². The van der Waals surface area contributed by atoms with E-state index in [-0.39, 0.29) is 6.03 Å². The van der Waals surface area contributed by atoms with Crippen LogP contribution in [0.2, 0.25) is 0 Å². The average Bonchev–Trinajstić information content (AvgIpc) is 2.80. The summed E-state index contributed by atoms with van der Waals surface area (Å²) in [5.41, 5.74) is 0.966. The van der Waals surface area contributed by atoms with Gasteiger partial charge in [-0.05, 0) is 18.4 Å². The molecule has 1 atom stereocenters. The van der Waals surface area contributed by atoms with Crippen molar-refractivity contribution in [2.75, 3.05) is 7.11 Å². The van der Waals surface area contributed by atoms with E-state index in [2.05, 4.69) is 10.6 Å². The van der Waals surface area contributed by atoms with E-state index in [1.165, 1.54) is 18.4 Å². The lowest BCUT2D eigenvalue weighted by Crippen LogP contribution is -2.45. The van der Waals surface area contributed by atoms with Crippen LogP contribution >= 0.6 is 11.3 Å². The first kappa shape index (κ1) is 11.7. The highest BCUT2D eigenvalue weighted by Crippen LogP contribution is 2.30. The van der Waals surface area contributed by atoms with Crippen LogP contribution in [0.5, 0.6) is 0 Å². The molecule has 0 aliphatic carbocycles. The topological polar surface area (TPSA) is 67.4 Å². The van der Waals surface area contributed by atoms with Crippen LogP contribution in [0.3, 0.4) is 0 Å². The summed E-state index contributed by atoms with van der Waals surface area (Å²) < 4.78 is 4.74. The minimum absolute atomic E-state index is 0.312. The molecule has 2 N–H and O–H groups in total. The minimum atomic E-state index is -0.437. The second kappa shape index (κ2) is 4.58. The van der Waals surface area contributed by atoms with E-state index in [4.69, 9.17) is 4.74 Å². The number of esters is 1. The van der Waals surface area contributed by atoms with Crippen molar-refractivity contribution >= 4 is 23.3 Å². The maximum atomic E-state index is 11.7. The molecule has 5 nitrogen and oxygen atoms in total. The molecule has 0 unspecified atom stereocenters. The first-order chi connectivity index (χ1) is 8.13. The molecular formula is C11H12N2O3S. The maximum absolute atomic E-state index is 11.7. The average molecular weight is 252 g/mol.